The van der Waals surface area contributed by atoms with Crippen LogP contribution in [0.2, 0.25) is 5.02 Å². The third-order valence-corrected chi connectivity index (χ3v) is 8.56. The second-order valence-corrected chi connectivity index (χ2v) is 12.4. The van der Waals surface area contributed by atoms with Gasteiger partial charge in [-0.2, -0.15) is 5.10 Å². The van der Waals surface area contributed by atoms with Gasteiger partial charge in [0.1, 0.15) is 13.2 Å². The topological polar surface area (TPSA) is 103 Å². The summed E-state index contributed by atoms with van der Waals surface area (Å²) in [5.74, 6) is 2.08. The summed E-state index contributed by atoms with van der Waals surface area (Å²) >= 11 is 7.47. The van der Waals surface area contributed by atoms with Gasteiger partial charge < -0.3 is 24.3 Å². The molecule has 51 heavy (non-hydrogen) atoms. The molecular formula is C40H35ClN4O5S. The molecule has 0 saturated carbocycles. The number of benzene rings is 5. The van der Waals surface area contributed by atoms with Gasteiger partial charge >= 0.3 is 0 Å². The number of rotatable bonds is 15. The number of hydrogen-bond acceptors (Lipinski definition) is 9. The van der Waals surface area contributed by atoms with Crippen molar-refractivity contribution in [2.45, 2.75) is 20.1 Å². The summed E-state index contributed by atoms with van der Waals surface area (Å²) in [5.41, 5.74) is 8.37. The van der Waals surface area contributed by atoms with Gasteiger partial charge in [0.15, 0.2) is 28.1 Å². The number of carbonyl (C=O) groups is 1. The number of methoxy groups -OCH3 is 1. The summed E-state index contributed by atoms with van der Waals surface area (Å²) in [6.07, 6.45) is 1.56. The molecule has 1 amide bonds. The highest BCUT2D eigenvalue weighted by molar-refractivity contribution is 7.14. The molecule has 0 unspecified atom stereocenters. The van der Waals surface area contributed by atoms with Crippen molar-refractivity contribution in [3.8, 4) is 34.3 Å². The smallest absolute Gasteiger partial charge is 0.271 e. The lowest BCUT2D eigenvalue weighted by atomic mass is 10.1. The van der Waals surface area contributed by atoms with Crippen LogP contribution in [0, 0.1) is 0 Å². The Morgan fingerprint density at radius 1 is 0.804 bits per heavy atom. The molecule has 0 aliphatic rings. The van der Waals surface area contributed by atoms with Gasteiger partial charge in [-0.15, -0.1) is 11.3 Å². The number of hydrazone groups is 1. The monoisotopic (exact) mass is 718 g/mol. The Hall–Kier alpha value is -5.84. The quantitative estimate of drug-likeness (QED) is 0.0805. The highest BCUT2D eigenvalue weighted by atomic mass is 35.5. The average Bonchev–Trinajstić information content (AvgIpc) is 3.63. The van der Waals surface area contributed by atoms with E-state index < -0.39 is 0 Å². The van der Waals surface area contributed by atoms with E-state index in [-0.39, 0.29) is 5.91 Å². The molecule has 1 aromatic heterocycles. The van der Waals surface area contributed by atoms with E-state index in [1.807, 2.05) is 115 Å². The van der Waals surface area contributed by atoms with Gasteiger partial charge in [-0.1, -0.05) is 60.1 Å². The molecule has 0 aliphatic heterocycles. The molecule has 0 bridgehead atoms. The van der Waals surface area contributed by atoms with E-state index in [9.17, 15) is 4.79 Å². The summed E-state index contributed by atoms with van der Waals surface area (Å²) in [6.45, 7) is 3.09. The molecule has 0 radical (unpaired) electrons. The van der Waals surface area contributed by atoms with E-state index in [1.165, 1.54) is 11.3 Å². The fourth-order valence-electron chi connectivity index (χ4n) is 4.95. The lowest BCUT2D eigenvalue weighted by Crippen LogP contribution is -2.17. The van der Waals surface area contributed by atoms with Crippen molar-refractivity contribution in [1.29, 1.82) is 0 Å². The highest BCUT2D eigenvalue weighted by Crippen LogP contribution is 2.32. The van der Waals surface area contributed by atoms with Crippen molar-refractivity contribution in [2.24, 2.45) is 5.10 Å². The van der Waals surface area contributed by atoms with E-state index in [2.05, 4.69) is 20.8 Å². The first-order chi connectivity index (χ1) is 25.0. The third-order valence-electron chi connectivity index (χ3n) is 7.55. The lowest BCUT2D eigenvalue weighted by molar-refractivity contribution is 0.0955. The van der Waals surface area contributed by atoms with Crippen LogP contribution in [0.3, 0.4) is 0 Å². The fraction of sp³-hybridized carbons (Fsp3) is 0.125. The molecule has 258 valence electrons. The van der Waals surface area contributed by atoms with Crippen molar-refractivity contribution in [2.75, 3.05) is 19.0 Å². The maximum Gasteiger partial charge on any atom is 0.271 e. The van der Waals surface area contributed by atoms with Gasteiger partial charge in [-0.3, -0.25) is 4.79 Å². The van der Waals surface area contributed by atoms with Crippen LogP contribution < -0.4 is 29.7 Å². The normalized spacial score (nSPS) is 10.9. The Morgan fingerprint density at radius 3 is 2.27 bits per heavy atom. The Kier molecular flexibility index (Phi) is 11.8. The molecule has 0 spiro atoms. The predicted octanol–water partition coefficient (Wildman–Crippen LogP) is 9.54. The minimum atomic E-state index is -0.335. The number of nitrogens with zero attached hydrogens (tertiary/aromatic N) is 2. The van der Waals surface area contributed by atoms with E-state index in [0.717, 1.165) is 38.8 Å². The van der Waals surface area contributed by atoms with Crippen LogP contribution in [0.4, 0.5) is 10.8 Å². The molecule has 1 heterocycles. The fourth-order valence-corrected chi connectivity index (χ4v) is 5.82. The lowest BCUT2D eigenvalue weighted by Gasteiger charge is -2.15. The summed E-state index contributed by atoms with van der Waals surface area (Å²) in [4.78, 5) is 17.5. The number of halogens is 1. The van der Waals surface area contributed by atoms with Crippen LogP contribution in [-0.4, -0.2) is 30.8 Å². The molecule has 5 aromatic carbocycles. The minimum absolute atomic E-state index is 0.293. The number of anilines is 2. The summed E-state index contributed by atoms with van der Waals surface area (Å²) in [7, 11) is 1.61. The standard InChI is InChI=1S/C40H35ClN4O5S/c1-3-48-38-21-28(9-19-36(38)50-25-29-10-20-35(37(22-29)47-2)49-24-27-7-5-4-6-8-27)23-42-45-39(46)31-13-11-30(12-14-31)34-26-51-40(44-34)43-33-17-15-32(41)16-18-33/h4-23,26H,3,24-25H2,1-2H3,(H,43,44)(H,45,46)/b42-23-. The first-order valence-corrected chi connectivity index (χ1v) is 17.4. The molecule has 0 saturated heterocycles. The summed E-state index contributed by atoms with van der Waals surface area (Å²) < 4.78 is 23.5. The highest BCUT2D eigenvalue weighted by Gasteiger charge is 2.11. The van der Waals surface area contributed by atoms with E-state index in [1.54, 1.807) is 25.5 Å². The Morgan fingerprint density at radius 2 is 1.53 bits per heavy atom. The molecule has 0 atom stereocenters. The van der Waals surface area contributed by atoms with Gasteiger partial charge in [0.2, 0.25) is 0 Å². The van der Waals surface area contributed by atoms with Crippen LogP contribution in [0.25, 0.3) is 11.3 Å². The zero-order valence-electron chi connectivity index (χ0n) is 28.0. The van der Waals surface area contributed by atoms with Crippen molar-refractivity contribution in [1.82, 2.24) is 10.4 Å². The van der Waals surface area contributed by atoms with Crippen molar-refractivity contribution < 1.29 is 23.7 Å². The van der Waals surface area contributed by atoms with E-state index >= 15 is 0 Å². The van der Waals surface area contributed by atoms with Gasteiger partial charge in [0, 0.05) is 27.2 Å². The Labute approximate surface area is 305 Å². The molecule has 6 aromatic rings. The number of ether oxygens (including phenoxy) is 4. The second kappa shape index (κ2) is 17.2. The van der Waals surface area contributed by atoms with Gasteiger partial charge in [-0.05, 0) is 90.3 Å². The second-order valence-electron chi connectivity index (χ2n) is 11.1. The predicted molar refractivity (Wildman–Crippen MR) is 203 cm³/mol. The van der Waals surface area contributed by atoms with Crippen LogP contribution in [0.5, 0.6) is 23.0 Å². The Bertz CT molecular complexity index is 2090. The molecule has 2 N–H and O–H groups in total. The van der Waals surface area contributed by atoms with E-state index in [0.29, 0.717) is 53.4 Å². The number of hydrogen-bond donors (Lipinski definition) is 2. The Balaban J connectivity index is 1.02. The van der Waals surface area contributed by atoms with Crippen LogP contribution in [-0.2, 0) is 13.2 Å². The van der Waals surface area contributed by atoms with Crippen LogP contribution >= 0.6 is 22.9 Å². The number of aromatic nitrogens is 1. The number of carbonyl (C=O) groups excluding carboxylic acids is 1. The van der Waals surface area contributed by atoms with E-state index in [4.69, 9.17) is 30.5 Å². The van der Waals surface area contributed by atoms with Gasteiger partial charge in [-0.25, -0.2) is 10.4 Å². The molecule has 0 aliphatic carbocycles. The average molecular weight is 719 g/mol. The number of thiazole rings is 1. The van der Waals surface area contributed by atoms with Crippen molar-refractivity contribution >= 4 is 45.9 Å². The first-order valence-electron chi connectivity index (χ1n) is 16.1. The number of nitrogens with one attached hydrogen (secondary N) is 2. The van der Waals surface area contributed by atoms with Crippen LogP contribution in [0.15, 0.2) is 126 Å². The zero-order valence-corrected chi connectivity index (χ0v) is 29.5. The first kappa shape index (κ1) is 35.0. The largest absolute Gasteiger partial charge is 0.493 e. The summed E-state index contributed by atoms with van der Waals surface area (Å²) in [5, 5.41) is 10.8. The van der Waals surface area contributed by atoms with Gasteiger partial charge in [0.25, 0.3) is 5.91 Å². The minimum Gasteiger partial charge on any atom is -0.493 e. The number of amides is 1. The maximum atomic E-state index is 12.8. The SMILES string of the molecule is CCOc1cc(/C=N\NC(=O)c2ccc(-c3csc(Nc4ccc(Cl)cc4)n3)cc2)ccc1OCc1ccc(OCc2ccccc2)c(OC)c1. The van der Waals surface area contributed by atoms with Gasteiger partial charge in [0.05, 0.1) is 25.6 Å². The molecule has 6 rings (SSSR count). The molecule has 9 nitrogen and oxygen atoms in total. The zero-order chi connectivity index (χ0) is 35.4. The molecular weight excluding hydrogens is 684 g/mol. The maximum absolute atomic E-state index is 12.8. The molecule has 0 fully saturated rings. The summed E-state index contributed by atoms with van der Waals surface area (Å²) in [6, 6.07) is 35.8. The van der Waals surface area contributed by atoms with Crippen molar-refractivity contribution in [3.63, 3.8) is 0 Å². The van der Waals surface area contributed by atoms with Crippen LogP contribution in [0.1, 0.15) is 34.0 Å². The molecule has 11 heteroatoms. The third kappa shape index (κ3) is 9.66. The van der Waals surface area contributed by atoms with Crippen molar-refractivity contribution in [3.05, 3.63) is 148 Å².